The van der Waals surface area contributed by atoms with E-state index >= 15 is 0 Å². The third-order valence-electron chi connectivity index (χ3n) is 1.10. The Labute approximate surface area is 69.8 Å². The third-order valence-corrected chi connectivity index (χ3v) is 1.32. The van der Waals surface area contributed by atoms with Crippen molar-refractivity contribution in [1.29, 1.82) is 5.26 Å². The zero-order valence-electron chi connectivity index (χ0n) is 5.66. The summed E-state index contributed by atoms with van der Waals surface area (Å²) in [4.78, 5) is 3.84. The van der Waals surface area contributed by atoms with Crippen LogP contribution in [-0.2, 0) is 0 Å². The molecule has 3 heteroatoms. The van der Waals surface area contributed by atoms with Gasteiger partial charge in [-0.15, -0.1) is 0 Å². The molecule has 1 heterocycles. The van der Waals surface area contributed by atoms with Gasteiger partial charge in [0.05, 0.1) is 6.07 Å². The van der Waals surface area contributed by atoms with Crippen molar-refractivity contribution in [2.75, 3.05) is 0 Å². The summed E-state index contributed by atoms with van der Waals surface area (Å²) in [5, 5.41) is 8.66. The lowest BCUT2D eigenvalue weighted by Crippen LogP contribution is -1.75. The van der Waals surface area contributed by atoms with E-state index in [1.54, 1.807) is 24.4 Å². The lowest BCUT2D eigenvalue weighted by molar-refractivity contribution is 1.32. The maximum Gasteiger partial charge on any atom is 0.129 e. The molecule has 0 fully saturated rings. The predicted octanol–water partition coefficient (Wildman–Crippen LogP) is 2.27. The van der Waals surface area contributed by atoms with Gasteiger partial charge in [-0.2, -0.15) is 5.26 Å². The van der Waals surface area contributed by atoms with Crippen LogP contribution in [0, 0.1) is 11.3 Å². The standard InChI is InChI=1S/C8H5ClN2/c9-8-4-3-7(6-11-8)2-1-5-10/h1-4,6H/b2-1+. The summed E-state index contributed by atoms with van der Waals surface area (Å²) < 4.78 is 0. The molecule has 0 aliphatic rings. The Bertz CT molecular complexity index is 295. The molecule has 11 heavy (non-hydrogen) atoms. The number of halogens is 1. The van der Waals surface area contributed by atoms with Crippen LogP contribution < -0.4 is 0 Å². The van der Waals surface area contributed by atoms with Gasteiger partial charge in [-0.05, 0) is 17.7 Å². The van der Waals surface area contributed by atoms with Gasteiger partial charge in [-0.1, -0.05) is 17.7 Å². The Morgan fingerprint density at radius 1 is 1.55 bits per heavy atom. The second kappa shape index (κ2) is 3.75. The van der Waals surface area contributed by atoms with Crippen molar-refractivity contribution in [2.24, 2.45) is 0 Å². The van der Waals surface area contributed by atoms with E-state index in [1.165, 1.54) is 6.08 Å². The number of pyridine rings is 1. The van der Waals surface area contributed by atoms with Crippen molar-refractivity contribution in [3.05, 3.63) is 35.1 Å². The van der Waals surface area contributed by atoms with E-state index in [0.717, 1.165) is 5.56 Å². The first-order chi connectivity index (χ1) is 5.33. The van der Waals surface area contributed by atoms with E-state index in [9.17, 15) is 0 Å². The fraction of sp³-hybridized carbons (Fsp3) is 0. The molecule has 0 bridgehead atoms. The highest BCUT2D eigenvalue weighted by atomic mass is 35.5. The molecule has 0 aromatic carbocycles. The zero-order chi connectivity index (χ0) is 8.10. The molecule has 0 spiro atoms. The quantitative estimate of drug-likeness (QED) is 0.472. The zero-order valence-corrected chi connectivity index (χ0v) is 6.42. The number of rotatable bonds is 1. The first-order valence-corrected chi connectivity index (χ1v) is 3.38. The van der Waals surface area contributed by atoms with Crippen LogP contribution in [0.2, 0.25) is 5.15 Å². The normalized spacial score (nSPS) is 9.82. The average molecular weight is 165 g/mol. The molecule has 0 aliphatic heterocycles. The predicted molar refractivity (Wildman–Crippen MR) is 43.9 cm³/mol. The molecular weight excluding hydrogens is 160 g/mol. The van der Waals surface area contributed by atoms with E-state index in [0.29, 0.717) is 5.15 Å². The smallest absolute Gasteiger partial charge is 0.129 e. The highest BCUT2D eigenvalue weighted by molar-refractivity contribution is 6.29. The molecule has 0 atom stereocenters. The summed E-state index contributed by atoms with van der Waals surface area (Å²) in [7, 11) is 0. The lowest BCUT2D eigenvalue weighted by Gasteiger charge is -1.89. The number of nitriles is 1. The topological polar surface area (TPSA) is 36.7 Å². The van der Waals surface area contributed by atoms with E-state index < -0.39 is 0 Å². The van der Waals surface area contributed by atoms with E-state index in [1.807, 2.05) is 6.07 Å². The first-order valence-electron chi connectivity index (χ1n) is 3.00. The molecule has 1 aromatic heterocycles. The first kappa shape index (κ1) is 7.77. The maximum absolute atomic E-state index is 8.20. The van der Waals surface area contributed by atoms with Gasteiger partial charge in [0, 0.05) is 12.3 Å². The second-order valence-corrected chi connectivity index (χ2v) is 2.26. The van der Waals surface area contributed by atoms with Crippen LogP contribution in [0.5, 0.6) is 0 Å². The van der Waals surface area contributed by atoms with Gasteiger partial charge in [0.1, 0.15) is 5.15 Å². The Hall–Kier alpha value is -1.33. The van der Waals surface area contributed by atoms with Gasteiger partial charge in [0.15, 0.2) is 0 Å². The molecule has 0 aliphatic carbocycles. The van der Waals surface area contributed by atoms with Crippen LogP contribution in [0.25, 0.3) is 6.08 Å². The van der Waals surface area contributed by atoms with Gasteiger partial charge in [0.25, 0.3) is 0 Å². The molecular formula is C8H5ClN2. The van der Waals surface area contributed by atoms with E-state index in [4.69, 9.17) is 16.9 Å². The van der Waals surface area contributed by atoms with Gasteiger partial charge in [-0.3, -0.25) is 0 Å². The monoisotopic (exact) mass is 164 g/mol. The summed E-state index contributed by atoms with van der Waals surface area (Å²) >= 11 is 5.55. The minimum absolute atomic E-state index is 0.458. The average Bonchev–Trinajstić information content (AvgIpc) is 2.04. The van der Waals surface area contributed by atoms with Crippen LogP contribution in [0.15, 0.2) is 24.4 Å². The van der Waals surface area contributed by atoms with Crippen molar-refractivity contribution < 1.29 is 0 Å². The molecule has 0 N–H and O–H groups in total. The maximum atomic E-state index is 8.20. The Balaban J connectivity index is 2.84. The number of allylic oxidation sites excluding steroid dienone is 1. The summed E-state index contributed by atoms with van der Waals surface area (Å²) in [6, 6.07) is 5.36. The van der Waals surface area contributed by atoms with Crippen LogP contribution in [0.4, 0.5) is 0 Å². The van der Waals surface area contributed by atoms with Gasteiger partial charge in [-0.25, -0.2) is 4.98 Å². The Morgan fingerprint density at radius 3 is 2.91 bits per heavy atom. The molecule has 0 saturated heterocycles. The molecule has 1 aromatic rings. The molecule has 0 radical (unpaired) electrons. The van der Waals surface area contributed by atoms with Crippen molar-refractivity contribution in [3.8, 4) is 6.07 Å². The number of hydrogen-bond acceptors (Lipinski definition) is 2. The summed E-state index contributed by atoms with van der Waals surface area (Å²) in [5.41, 5.74) is 0.871. The van der Waals surface area contributed by atoms with E-state index in [-0.39, 0.29) is 0 Å². The largest absolute Gasteiger partial charge is 0.244 e. The van der Waals surface area contributed by atoms with Crippen LogP contribution in [-0.4, -0.2) is 4.98 Å². The van der Waals surface area contributed by atoms with E-state index in [2.05, 4.69) is 4.98 Å². The van der Waals surface area contributed by atoms with Gasteiger partial charge in [0.2, 0.25) is 0 Å². The fourth-order valence-corrected chi connectivity index (χ4v) is 0.731. The van der Waals surface area contributed by atoms with Crippen molar-refractivity contribution in [3.63, 3.8) is 0 Å². The summed E-state index contributed by atoms with van der Waals surface area (Å²) in [5.74, 6) is 0. The van der Waals surface area contributed by atoms with Crippen LogP contribution in [0.1, 0.15) is 5.56 Å². The van der Waals surface area contributed by atoms with Gasteiger partial charge < -0.3 is 0 Å². The lowest BCUT2D eigenvalue weighted by atomic mass is 10.3. The van der Waals surface area contributed by atoms with Crippen molar-refractivity contribution >= 4 is 17.7 Å². The molecule has 0 saturated carbocycles. The van der Waals surface area contributed by atoms with Gasteiger partial charge >= 0.3 is 0 Å². The Kier molecular flexibility index (Phi) is 2.65. The molecule has 54 valence electrons. The summed E-state index contributed by atoms with van der Waals surface area (Å²) in [6.07, 6.45) is 4.67. The molecule has 1 rings (SSSR count). The number of aromatic nitrogens is 1. The third kappa shape index (κ3) is 2.40. The molecule has 0 amide bonds. The second-order valence-electron chi connectivity index (χ2n) is 1.88. The SMILES string of the molecule is N#C/C=C/c1ccc(Cl)nc1. The fourth-order valence-electron chi connectivity index (χ4n) is 0.619. The van der Waals surface area contributed by atoms with Crippen molar-refractivity contribution in [2.45, 2.75) is 0 Å². The minimum atomic E-state index is 0.458. The van der Waals surface area contributed by atoms with Crippen molar-refractivity contribution in [1.82, 2.24) is 4.98 Å². The molecule has 0 unspecified atom stereocenters. The highest BCUT2D eigenvalue weighted by Crippen LogP contribution is 2.05. The summed E-state index contributed by atoms with van der Waals surface area (Å²) in [6.45, 7) is 0. The van der Waals surface area contributed by atoms with Crippen LogP contribution in [0.3, 0.4) is 0 Å². The number of nitrogens with zero attached hydrogens (tertiary/aromatic N) is 2. The Morgan fingerprint density at radius 2 is 2.36 bits per heavy atom. The molecule has 2 nitrogen and oxygen atoms in total. The van der Waals surface area contributed by atoms with Crippen LogP contribution >= 0.6 is 11.6 Å². The number of hydrogen-bond donors (Lipinski definition) is 0. The highest BCUT2D eigenvalue weighted by Gasteiger charge is 1.87. The minimum Gasteiger partial charge on any atom is -0.244 e.